The lowest BCUT2D eigenvalue weighted by Gasteiger charge is -2.29. The Kier molecular flexibility index (Phi) is 3.00. The number of benzene rings is 2. The maximum atomic E-state index is 10.1. The van der Waals surface area contributed by atoms with Crippen LogP contribution in [0.25, 0.3) is 22.2 Å². The Bertz CT molecular complexity index is 829. The van der Waals surface area contributed by atoms with E-state index in [2.05, 4.69) is 4.98 Å². The molecule has 0 unspecified atom stereocenters. The van der Waals surface area contributed by atoms with Gasteiger partial charge in [-0.05, 0) is 23.3 Å². The third kappa shape index (κ3) is 1.94. The third-order valence-corrected chi connectivity index (χ3v) is 4.24. The summed E-state index contributed by atoms with van der Waals surface area (Å²) in [5.74, 6) is 0.401. The molecule has 2 aromatic carbocycles. The number of nitrogens with zero attached hydrogens (tertiary/aromatic N) is 2. The summed E-state index contributed by atoms with van der Waals surface area (Å²) in [5, 5.41) is 29.7. The molecular formula is C17H16N2O3. The van der Waals surface area contributed by atoms with Crippen LogP contribution in [0.3, 0.4) is 0 Å². The molecule has 0 amide bonds. The lowest BCUT2D eigenvalue weighted by molar-refractivity contribution is -0.0846. The third-order valence-electron chi connectivity index (χ3n) is 4.24. The SMILES string of the molecule is O[C@@H]1[C@H](O)Cn2c(nc3cc(-c4ccccc4)ccc32)[C@@H]1O. The number of fused-ring (bicyclic) bond motifs is 3. The van der Waals surface area contributed by atoms with Crippen LogP contribution in [0.2, 0.25) is 0 Å². The van der Waals surface area contributed by atoms with Crippen molar-refractivity contribution in [2.75, 3.05) is 0 Å². The minimum absolute atomic E-state index is 0.231. The van der Waals surface area contributed by atoms with Crippen LogP contribution in [-0.2, 0) is 6.54 Å². The van der Waals surface area contributed by atoms with Gasteiger partial charge in [0.25, 0.3) is 0 Å². The molecule has 112 valence electrons. The fourth-order valence-corrected chi connectivity index (χ4v) is 3.03. The Morgan fingerprint density at radius 3 is 2.50 bits per heavy atom. The number of aromatic nitrogens is 2. The topological polar surface area (TPSA) is 78.5 Å². The molecule has 5 nitrogen and oxygen atoms in total. The molecule has 4 rings (SSSR count). The molecule has 0 radical (unpaired) electrons. The Morgan fingerprint density at radius 2 is 1.73 bits per heavy atom. The van der Waals surface area contributed by atoms with E-state index >= 15 is 0 Å². The van der Waals surface area contributed by atoms with Gasteiger partial charge >= 0.3 is 0 Å². The van der Waals surface area contributed by atoms with Crippen molar-refractivity contribution < 1.29 is 15.3 Å². The molecule has 0 saturated heterocycles. The molecular weight excluding hydrogens is 280 g/mol. The van der Waals surface area contributed by atoms with Crippen molar-refractivity contribution in [1.82, 2.24) is 9.55 Å². The van der Waals surface area contributed by atoms with Gasteiger partial charge in [0.05, 0.1) is 17.6 Å². The average molecular weight is 296 g/mol. The fraction of sp³-hybridized carbons (Fsp3) is 0.235. The molecule has 3 N–H and O–H groups in total. The Labute approximate surface area is 127 Å². The van der Waals surface area contributed by atoms with Gasteiger partial charge in [0.2, 0.25) is 0 Å². The van der Waals surface area contributed by atoms with E-state index < -0.39 is 18.3 Å². The summed E-state index contributed by atoms with van der Waals surface area (Å²) >= 11 is 0. The quantitative estimate of drug-likeness (QED) is 0.635. The Balaban J connectivity index is 1.86. The van der Waals surface area contributed by atoms with Crippen LogP contribution < -0.4 is 0 Å². The summed E-state index contributed by atoms with van der Waals surface area (Å²) in [5.41, 5.74) is 3.73. The van der Waals surface area contributed by atoms with Crippen LogP contribution in [0.1, 0.15) is 11.9 Å². The average Bonchev–Trinajstić information content (AvgIpc) is 2.91. The first kappa shape index (κ1) is 13.5. The maximum absolute atomic E-state index is 10.1. The minimum atomic E-state index is -1.20. The zero-order valence-electron chi connectivity index (χ0n) is 11.8. The van der Waals surface area contributed by atoms with E-state index in [0.717, 1.165) is 22.2 Å². The van der Waals surface area contributed by atoms with Gasteiger partial charge in [-0.1, -0.05) is 36.4 Å². The molecule has 0 spiro atoms. The monoisotopic (exact) mass is 296 g/mol. The van der Waals surface area contributed by atoms with Gasteiger partial charge < -0.3 is 19.9 Å². The number of rotatable bonds is 1. The van der Waals surface area contributed by atoms with E-state index in [4.69, 9.17) is 0 Å². The number of hydrogen-bond donors (Lipinski definition) is 3. The zero-order valence-corrected chi connectivity index (χ0v) is 11.8. The van der Waals surface area contributed by atoms with Gasteiger partial charge in [-0.2, -0.15) is 0 Å². The number of aliphatic hydroxyl groups is 3. The molecule has 1 aliphatic rings. The van der Waals surface area contributed by atoms with Crippen molar-refractivity contribution >= 4 is 11.0 Å². The lowest BCUT2D eigenvalue weighted by atomic mass is 10.0. The molecule has 0 saturated carbocycles. The highest BCUT2D eigenvalue weighted by molar-refractivity contribution is 5.82. The molecule has 2 heterocycles. The fourth-order valence-electron chi connectivity index (χ4n) is 3.03. The van der Waals surface area contributed by atoms with Crippen LogP contribution >= 0.6 is 0 Å². The molecule has 0 fully saturated rings. The van der Waals surface area contributed by atoms with Crippen LogP contribution in [0.15, 0.2) is 48.5 Å². The van der Waals surface area contributed by atoms with Crippen LogP contribution in [0, 0.1) is 0 Å². The van der Waals surface area contributed by atoms with Gasteiger partial charge in [0, 0.05) is 0 Å². The molecule has 5 heteroatoms. The minimum Gasteiger partial charge on any atom is -0.388 e. The largest absolute Gasteiger partial charge is 0.388 e. The highest BCUT2D eigenvalue weighted by Crippen LogP contribution is 2.31. The highest BCUT2D eigenvalue weighted by atomic mass is 16.4. The number of imidazole rings is 1. The first-order chi connectivity index (χ1) is 10.6. The second-order valence-corrected chi connectivity index (χ2v) is 5.65. The van der Waals surface area contributed by atoms with Crippen LogP contribution in [0.5, 0.6) is 0 Å². The van der Waals surface area contributed by atoms with Crippen molar-refractivity contribution in [2.45, 2.75) is 24.9 Å². The van der Waals surface area contributed by atoms with Gasteiger partial charge in [0.15, 0.2) is 0 Å². The summed E-state index contributed by atoms with van der Waals surface area (Å²) < 4.78 is 1.77. The summed E-state index contributed by atoms with van der Waals surface area (Å²) in [4.78, 5) is 4.45. The van der Waals surface area contributed by atoms with E-state index in [-0.39, 0.29) is 6.54 Å². The predicted molar refractivity (Wildman–Crippen MR) is 82.1 cm³/mol. The molecule has 1 aromatic heterocycles. The maximum Gasteiger partial charge on any atom is 0.141 e. The predicted octanol–water partition coefficient (Wildman–Crippen LogP) is 1.47. The Morgan fingerprint density at radius 1 is 0.955 bits per heavy atom. The summed E-state index contributed by atoms with van der Waals surface area (Å²) in [7, 11) is 0. The molecule has 3 atom stereocenters. The van der Waals surface area contributed by atoms with Crippen molar-refractivity contribution in [3.63, 3.8) is 0 Å². The van der Waals surface area contributed by atoms with Crippen molar-refractivity contribution in [2.24, 2.45) is 0 Å². The van der Waals surface area contributed by atoms with Crippen LogP contribution in [0.4, 0.5) is 0 Å². The van der Waals surface area contributed by atoms with Gasteiger partial charge in [-0.15, -0.1) is 0 Å². The van der Waals surface area contributed by atoms with Gasteiger partial charge in [-0.3, -0.25) is 0 Å². The number of hydrogen-bond acceptors (Lipinski definition) is 4. The molecule has 0 aliphatic carbocycles. The Hall–Kier alpha value is -2.21. The van der Waals surface area contributed by atoms with E-state index in [1.807, 2.05) is 48.5 Å². The summed E-state index contributed by atoms with van der Waals surface area (Å²) in [6.45, 7) is 0.231. The highest BCUT2D eigenvalue weighted by Gasteiger charge is 2.35. The molecule has 0 bridgehead atoms. The second kappa shape index (κ2) is 4.91. The summed E-state index contributed by atoms with van der Waals surface area (Å²) in [6.07, 6.45) is -3.36. The number of aliphatic hydroxyl groups excluding tert-OH is 3. The van der Waals surface area contributed by atoms with Crippen molar-refractivity contribution in [3.05, 3.63) is 54.4 Å². The molecule has 22 heavy (non-hydrogen) atoms. The van der Waals surface area contributed by atoms with Crippen LogP contribution in [-0.4, -0.2) is 37.1 Å². The van der Waals surface area contributed by atoms with Crippen molar-refractivity contribution in [3.8, 4) is 11.1 Å². The van der Waals surface area contributed by atoms with E-state index in [9.17, 15) is 15.3 Å². The van der Waals surface area contributed by atoms with E-state index in [1.165, 1.54) is 0 Å². The smallest absolute Gasteiger partial charge is 0.141 e. The first-order valence-corrected chi connectivity index (χ1v) is 7.25. The first-order valence-electron chi connectivity index (χ1n) is 7.25. The van der Waals surface area contributed by atoms with E-state index in [1.54, 1.807) is 4.57 Å². The zero-order chi connectivity index (χ0) is 15.3. The van der Waals surface area contributed by atoms with Crippen molar-refractivity contribution in [1.29, 1.82) is 0 Å². The van der Waals surface area contributed by atoms with Gasteiger partial charge in [0.1, 0.15) is 24.1 Å². The van der Waals surface area contributed by atoms with E-state index in [0.29, 0.717) is 5.82 Å². The normalized spacial score (nSPS) is 24.4. The summed E-state index contributed by atoms with van der Waals surface area (Å²) in [6, 6.07) is 15.9. The lowest BCUT2D eigenvalue weighted by Crippen LogP contribution is -2.41. The van der Waals surface area contributed by atoms with Gasteiger partial charge in [-0.25, -0.2) is 4.98 Å². The molecule has 3 aromatic rings. The standard InChI is InChI=1S/C17H16N2O3/c20-14-9-19-13-7-6-11(10-4-2-1-3-5-10)8-12(13)18-17(19)16(22)15(14)21/h1-8,14-16,20-22H,9H2/t14-,15-,16-/m1/s1. The second-order valence-electron chi connectivity index (χ2n) is 5.65. The molecule has 1 aliphatic heterocycles.